The molecule has 0 spiro atoms. The van der Waals surface area contributed by atoms with Crippen molar-refractivity contribution >= 4 is 17.4 Å². The number of anilines is 1. The molecule has 1 saturated heterocycles. The van der Waals surface area contributed by atoms with E-state index in [4.69, 9.17) is 0 Å². The summed E-state index contributed by atoms with van der Waals surface area (Å²) in [5, 5.41) is 3.25. The summed E-state index contributed by atoms with van der Waals surface area (Å²) in [7, 11) is 0. The highest BCUT2D eigenvalue weighted by Crippen LogP contribution is 2.40. The first-order chi connectivity index (χ1) is 9.35. The second-order valence-corrected chi connectivity index (χ2v) is 6.37. The van der Waals surface area contributed by atoms with Gasteiger partial charge >= 0.3 is 5.51 Å². The van der Waals surface area contributed by atoms with Crippen LogP contribution in [0.5, 0.6) is 0 Å². The van der Waals surface area contributed by atoms with Gasteiger partial charge in [0, 0.05) is 35.8 Å². The molecule has 0 aromatic heterocycles. The number of para-hydroxylation sites is 1. The van der Waals surface area contributed by atoms with E-state index in [1.54, 1.807) is 18.2 Å². The summed E-state index contributed by atoms with van der Waals surface area (Å²) in [4.78, 5) is 2.57. The van der Waals surface area contributed by atoms with Crippen LogP contribution >= 0.6 is 11.8 Å². The standard InChI is InChI=1S/C14H19F3N2S/c1-10(2)19-8-7-11(9-19)18-12-5-3-4-6-13(12)20-14(15,16)17/h3-6,10-11,18H,7-9H2,1-2H3. The van der Waals surface area contributed by atoms with E-state index in [-0.39, 0.29) is 22.7 Å². The molecule has 20 heavy (non-hydrogen) atoms. The molecular formula is C14H19F3N2S. The van der Waals surface area contributed by atoms with Crippen LogP contribution in [0.25, 0.3) is 0 Å². The van der Waals surface area contributed by atoms with Gasteiger partial charge in [-0.15, -0.1) is 0 Å². The quantitative estimate of drug-likeness (QED) is 0.840. The lowest BCUT2D eigenvalue weighted by Gasteiger charge is -2.21. The zero-order valence-electron chi connectivity index (χ0n) is 11.6. The molecule has 112 valence electrons. The van der Waals surface area contributed by atoms with E-state index in [0.717, 1.165) is 19.5 Å². The van der Waals surface area contributed by atoms with E-state index >= 15 is 0 Å². The molecule has 6 heteroatoms. The molecule has 1 heterocycles. The summed E-state index contributed by atoms with van der Waals surface area (Å²) in [5.41, 5.74) is -3.68. The largest absolute Gasteiger partial charge is 0.446 e. The number of hydrogen-bond donors (Lipinski definition) is 1. The maximum absolute atomic E-state index is 12.5. The van der Waals surface area contributed by atoms with E-state index < -0.39 is 5.51 Å². The van der Waals surface area contributed by atoms with Crippen LogP contribution in [-0.2, 0) is 0 Å². The van der Waals surface area contributed by atoms with Crippen LogP contribution < -0.4 is 5.32 Å². The Morgan fingerprint density at radius 3 is 2.60 bits per heavy atom. The SMILES string of the molecule is CC(C)N1CCC(Nc2ccccc2SC(F)(F)F)C1. The highest BCUT2D eigenvalue weighted by molar-refractivity contribution is 8.00. The maximum Gasteiger partial charge on any atom is 0.446 e. The number of rotatable bonds is 4. The fourth-order valence-corrected chi connectivity index (χ4v) is 3.03. The predicted octanol–water partition coefficient (Wildman–Crippen LogP) is 4.19. The normalized spacial score (nSPS) is 20.6. The lowest BCUT2D eigenvalue weighted by atomic mass is 10.2. The van der Waals surface area contributed by atoms with Crippen molar-refractivity contribution in [2.45, 2.75) is 42.8 Å². The molecule has 2 rings (SSSR count). The van der Waals surface area contributed by atoms with Crippen molar-refractivity contribution in [3.8, 4) is 0 Å². The van der Waals surface area contributed by atoms with Crippen molar-refractivity contribution in [1.29, 1.82) is 0 Å². The summed E-state index contributed by atoms with van der Waals surface area (Å²) >= 11 is -0.0583. The minimum Gasteiger partial charge on any atom is -0.380 e. The van der Waals surface area contributed by atoms with Crippen molar-refractivity contribution in [3.05, 3.63) is 24.3 Å². The summed E-state index contributed by atoms with van der Waals surface area (Å²) in [6.07, 6.45) is 0.962. The molecule has 1 N–H and O–H groups in total. The van der Waals surface area contributed by atoms with Crippen LogP contribution in [0, 0.1) is 0 Å². The Balaban J connectivity index is 2.03. The van der Waals surface area contributed by atoms with Crippen molar-refractivity contribution in [3.63, 3.8) is 0 Å². The number of hydrogen-bond acceptors (Lipinski definition) is 3. The first-order valence-electron chi connectivity index (χ1n) is 6.70. The number of nitrogens with one attached hydrogen (secondary N) is 1. The lowest BCUT2D eigenvalue weighted by molar-refractivity contribution is -0.0327. The molecule has 1 aromatic rings. The summed E-state index contributed by atoms with van der Waals surface area (Å²) in [5.74, 6) is 0. The number of alkyl halides is 3. The average molecular weight is 304 g/mol. The molecule has 2 nitrogen and oxygen atoms in total. The molecule has 1 fully saturated rings. The van der Waals surface area contributed by atoms with E-state index in [9.17, 15) is 13.2 Å². The van der Waals surface area contributed by atoms with E-state index in [1.807, 2.05) is 0 Å². The monoisotopic (exact) mass is 304 g/mol. The van der Waals surface area contributed by atoms with Gasteiger partial charge in [0.05, 0.1) is 0 Å². The Labute approximate surface area is 121 Å². The second-order valence-electron chi connectivity index (χ2n) is 5.26. The average Bonchev–Trinajstić information content (AvgIpc) is 2.78. The first-order valence-corrected chi connectivity index (χ1v) is 7.52. The number of likely N-dealkylation sites (tertiary alicyclic amines) is 1. The second kappa shape index (κ2) is 6.26. The molecule has 1 unspecified atom stereocenters. The number of nitrogens with zero attached hydrogens (tertiary/aromatic N) is 1. The van der Waals surface area contributed by atoms with Gasteiger partial charge in [-0.2, -0.15) is 13.2 Å². The van der Waals surface area contributed by atoms with Crippen LogP contribution in [0.3, 0.4) is 0 Å². The van der Waals surface area contributed by atoms with E-state index in [2.05, 4.69) is 24.1 Å². The molecule has 0 saturated carbocycles. The van der Waals surface area contributed by atoms with Gasteiger partial charge in [0.25, 0.3) is 0 Å². The Kier molecular flexibility index (Phi) is 4.86. The molecular weight excluding hydrogens is 285 g/mol. The molecule has 1 aliphatic heterocycles. The summed E-state index contributed by atoms with van der Waals surface area (Å²) in [6, 6.07) is 7.31. The van der Waals surface area contributed by atoms with E-state index in [1.165, 1.54) is 6.07 Å². The summed E-state index contributed by atoms with van der Waals surface area (Å²) < 4.78 is 37.6. The van der Waals surface area contributed by atoms with Crippen LogP contribution in [0.2, 0.25) is 0 Å². The van der Waals surface area contributed by atoms with Crippen molar-refractivity contribution in [2.24, 2.45) is 0 Å². The minimum absolute atomic E-state index is 0.0583. The molecule has 1 aliphatic rings. The van der Waals surface area contributed by atoms with Crippen LogP contribution in [0.1, 0.15) is 20.3 Å². The molecule has 0 aliphatic carbocycles. The van der Waals surface area contributed by atoms with Crippen molar-refractivity contribution < 1.29 is 13.2 Å². The molecule has 0 radical (unpaired) electrons. The number of halogens is 3. The van der Waals surface area contributed by atoms with Gasteiger partial charge in [-0.05, 0) is 44.2 Å². The highest BCUT2D eigenvalue weighted by atomic mass is 32.2. The predicted molar refractivity (Wildman–Crippen MR) is 77.1 cm³/mol. The van der Waals surface area contributed by atoms with Gasteiger partial charge < -0.3 is 5.32 Å². The Morgan fingerprint density at radius 2 is 2.00 bits per heavy atom. The van der Waals surface area contributed by atoms with Gasteiger partial charge in [0.1, 0.15) is 0 Å². The Morgan fingerprint density at radius 1 is 1.30 bits per heavy atom. The van der Waals surface area contributed by atoms with Gasteiger partial charge in [-0.25, -0.2) is 0 Å². The van der Waals surface area contributed by atoms with Gasteiger partial charge in [0.15, 0.2) is 0 Å². The molecule has 0 amide bonds. The topological polar surface area (TPSA) is 15.3 Å². The van der Waals surface area contributed by atoms with Crippen molar-refractivity contribution in [2.75, 3.05) is 18.4 Å². The molecule has 1 aromatic carbocycles. The van der Waals surface area contributed by atoms with Gasteiger partial charge in [-0.3, -0.25) is 4.90 Å². The van der Waals surface area contributed by atoms with Crippen LogP contribution in [0.4, 0.5) is 18.9 Å². The highest BCUT2D eigenvalue weighted by Gasteiger charge is 2.31. The van der Waals surface area contributed by atoms with E-state index in [0.29, 0.717) is 11.7 Å². The minimum atomic E-state index is -4.25. The molecule has 1 atom stereocenters. The van der Waals surface area contributed by atoms with Gasteiger partial charge in [-0.1, -0.05) is 12.1 Å². The Hall–Kier alpha value is -0.880. The third-order valence-corrected chi connectivity index (χ3v) is 4.23. The smallest absolute Gasteiger partial charge is 0.380 e. The fourth-order valence-electron chi connectivity index (χ4n) is 2.39. The zero-order valence-corrected chi connectivity index (χ0v) is 12.4. The maximum atomic E-state index is 12.5. The Bertz CT molecular complexity index is 448. The zero-order chi connectivity index (χ0) is 14.8. The fraction of sp³-hybridized carbons (Fsp3) is 0.571. The third kappa shape index (κ3) is 4.31. The van der Waals surface area contributed by atoms with Crippen LogP contribution in [-0.4, -0.2) is 35.6 Å². The number of benzene rings is 1. The number of thioether (sulfide) groups is 1. The van der Waals surface area contributed by atoms with Crippen molar-refractivity contribution in [1.82, 2.24) is 4.90 Å². The van der Waals surface area contributed by atoms with Crippen LogP contribution in [0.15, 0.2) is 29.2 Å². The van der Waals surface area contributed by atoms with Gasteiger partial charge in [0.2, 0.25) is 0 Å². The molecule has 0 bridgehead atoms. The third-order valence-electron chi connectivity index (χ3n) is 3.42. The lowest BCUT2D eigenvalue weighted by Crippen LogP contribution is -2.31. The first kappa shape index (κ1) is 15.5. The summed E-state index contributed by atoms with van der Waals surface area (Å²) in [6.45, 7) is 6.14.